The number of hydrogen-bond acceptors (Lipinski definition) is 2. The SMILES string of the molecule is CCCC(Cc1ccccc1)NC(=O)C(N)CCC. The molecule has 0 radical (unpaired) electrons. The summed E-state index contributed by atoms with van der Waals surface area (Å²) in [4.78, 5) is 12.0. The Morgan fingerprint density at radius 1 is 1.16 bits per heavy atom. The fourth-order valence-electron chi connectivity index (χ4n) is 2.22. The highest BCUT2D eigenvalue weighted by Crippen LogP contribution is 2.08. The van der Waals surface area contributed by atoms with Gasteiger partial charge in [0.05, 0.1) is 6.04 Å². The Morgan fingerprint density at radius 3 is 2.37 bits per heavy atom. The summed E-state index contributed by atoms with van der Waals surface area (Å²) in [7, 11) is 0. The zero-order chi connectivity index (χ0) is 14.1. The molecule has 19 heavy (non-hydrogen) atoms. The monoisotopic (exact) mass is 262 g/mol. The van der Waals surface area contributed by atoms with Gasteiger partial charge in [0.2, 0.25) is 5.91 Å². The Morgan fingerprint density at radius 2 is 1.79 bits per heavy atom. The van der Waals surface area contributed by atoms with Gasteiger partial charge in [-0.3, -0.25) is 4.79 Å². The van der Waals surface area contributed by atoms with Crippen LogP contribution < -0.4 is 11.1 Å². The third-order valence-corrected chi connectivity index (χ3v) is 3.24. The van der Waals surface area contributed by atoms with E-state index in [-0.39, 0.29) is 18.0 Å². The summed E-state index contributed by atoms with van der Waals surface area (Å²) in [5, 5.41) is 3.09. The second kappa shape index (κ2) is 8.70. The lowest BCUT2D eigenvalue weighted by molar-refractivity contribution is -0.123. The summed E-state index contributed by atoms with van der Waals surface area (Å²) in [6.45, 7) is 4.18. The Kier molecular flexibility index (Phi) is 7.19. The van der Waals surface area contributed by atoms with Crippen molar-refractivity contribution in [1.82, 2.24) is 5.32 Å². The van der Waals surface area contributed by atoms with Gasteiger partial charge in [-0.15, -0.1) is 0 Å². The van der Waals surface area contributed by atoms with Crippen LogP contribution in [-0.4, -0.2) is 18.0 Å². The first kappa shape index (κ1) is 15.7. The third-order valence-electron chi connectivity index (χ3n) is 3.24. The summed E-state index contributed by atoms with van der Waals surface area (Å²) < 4.78 is 0. The minimum Gasteiger partial charge on any atom is -0.352 e. The number of nitrogens with two attached hydrogens (primary N) is 1. The standard InChI is InChI=1S/C16H26N2O/c1-3-8-14(12-13-10-6-5-7-11-13)18-16(19)15(17)9-4-2/h5-7,10-11,14-15H,3-4,8-9,12,17H2,1-2H3,(H,18,19). The van der Waals surface area contributed by atoms with Crippen molar-refractivity contribution in [3.05, 3.63) is 35.9 Å². The van der Waals surface area contributed by atoms with E-state index in [2.05, 4.69) is 24.4 Å². The molecule has 0 bridgehead atoms. The predicted octanol–water partition coefficient (Wildman–Crippen LogP) is 2.64. The lowest BCUT2D eigenvalue weighted by Gasteiger charge is -2.20. The van der Waals surface area contributed by atoms with Crippen molar-refractivity contribution < 1.29 is 4.79 Å². The highest BCUT2D eigenvalue weighted by molar-refractivity contribution is 5.81. The molecule has 0 saturated heterocycles. The van der Waals surface area contributed by atoms with Crippen molar-refractivity contribution in [1.29, 1.82) is 0 Å². The maximum Gasteiger partial charge on any atom is 0.237 e. The van der Waals surface area contributed by atoms with Gasteiger partial charge in [0, 0.05) is 6.04 Å². The molecule has 0 aliphatic carbocycles. The molecule has 2 atom stereocenters. The molecule has 3 heteroatoms. The second-order valence-electron chi connectivity index (χ2n) is 5.08. The molecule has 2 unspecified atom stereocenters. The topological polar surface area (TPSA) is 55.1 Å². The molecule has 1 rings (SSSR count). The van der Waals surface area contributed by atoms with Gasteiger partial charge in [0.25, 0.3) is 0 Å². The Hall–Kier alpha value is -1.35. The molecule has 3 nitrogen and oxygen atoms in total. The highest BCUT2D eigenvalue weighted by Gasteiger charge is 2.17. The Bertz CT molecular complexity index is 364. The highest BCUT2D eigenvalue weighted by atomic mass is 16.2. The average Bonchev–Trinajstić information content (AvgIpc) is 2.40. The van der Waals surface area contributed by atoms with Crippen molar-refractivity contribution in [2.75, 3.05) is 0 Å². The van der Waals surface area contributed by atoms with Crippen LogP contribution in [0.2, 0.25) is 0 Å². The first-order valence-corrected chi connectivity index (χ1v) is 7.27. The van der Waals surface area contributed by atoms with E-state index in [0.717, 1.165) is 32.1 Å². The number of amides is 1. The van der Waals surface area contributed by atoms with Crippen LogP contribution in [0.4, 0.5) is 0 Å². The van der Waals surface area contributed by atoms with Crippen molar-refractivity contribution >= 4 is 5.91 Å². The number of rotatable bonds is 8. The molecule has 0 fully saturated rings. The van der Waals surface area contributed by atoms with E-state index in [1.807, 2.05) is 25.1 Å². The summed E-state index contributed by atoms with van der Waals surface area (Å²) in [6, 6.07) is 10.1. The normalized spacial score (nSPS) is 13.8. The first-order chi connectivity index (χ1) is 9.17. The largest absolute Gasteiger partial charge is 0.352 e. The van der Waals surface area contributed by atoms with Gasteiger partial charge in [-0.25, -0.2) is 0 Å². The van der Waals surface area contributed by atoms with Crippen LogP contribution in [0.1, 0.15) is 45.1 Å². The van der Waals surface area contributed by atoms with Gasteiger partial charge in [-0.1, -0.05) is 57.0 Å². The number of carbonyl (C=O) groups is 1. The fraction of sp³-hybridized carbons (Fsp3) is 0.562. The lowest BCUT2D eigenvalue weighted by atomic mass is 10.0. The van der Waals surface area contributed by atoms with Gasteiger partial charge >= 0.3 is 0 Å². The maximum atomic E-state index is 12.0. The third kappa shape index (κ3) is 5.88. The van der Waals surface area contributed by atoms with Gasteiger partial charge in [0.15, 0.2) is 0 Å². The van der Waals surface area contributed by atoms with Crippen LogP contribution in [0.5, 0.6) is 0 Å². The van der Waals surface area contributed by atoms with Crippen LogP contribution in [0.3, 0.4) is 0 Å². The van der Waals surface area contributed by atoms with Crippen LogP contribution in [0.15, 0.2) is 30.3 Å². The number of carbonyl (C=O) groups excluding carboxylic acids is 1. The molecule has 0 aliphatic heterocycles. The fourth-order valence-corrected chi connectivity index (χ4v) is 2.22. The van der Waals surface area contributed by atoms with E-state index in [1.165, 1.54) is 5.56 Å². The zero-order valence-corrected chi connectivity index (χ0v) is 12.1. The first-order valence-electron chi connectivity index (χ1n) is 7.27. The summed E-state index contributed by atoms with van der Waals surface area (Å²) in [6.07, 6.45) is 4.60. The predicted molar refractivity (Wildman–Crippen MR) is 79.9 cm³/mol. The molecule has 0 aliphatic rings. The van der Waals surface area contributed by atoms with Gasteiger partial charge in [0.1, 0.15) is 0 Å². The molecule has 0 aromatic heterocycles. The zero-order valence-electron chi connectivity index (χ0n) is 12.1. The molecule has 0 heterocycles. The van der Waals surface area contributed by atoms with Crippen LogP contribution in [-0.2, 0) is 11.2 Å². The Labute approximate surface area is 116 Å². The Balaban J connectivity index is 2.55. The molecule has 3 N–H and O–H groups in total. The molecule has 0 spiro atoms. The van der Waals surface area contributed by atoms with Gasteiger partial charge < -0.3 is 11.1 Å². The number of hydrogen-bond donors (Lipinski definition) is 2. The van der Waals surface area contributed by atoms with Crippen molar-refractivity contribution in [2.45, 2.75) is 58.0 Å². The number of nitrogens with one attached hydrogen (secondary N) is 1. The van der Waals surface area contributed by atoms with Crippen molar-refractivity contribution in [3.8, 4) is 0 Å². The van der Waals surface area contributed by atoms with E-state index in [9.17, 15) is 4.79 Å². The summed E-state index contributed by atoms with van der Waals surface area (Å²) >= 11 is 0. The number of benzene rings is 1. The van der Waals surface area contributed by atoms with E-state index in [4.69, 9.17) is 5.73 Å². The lowest BCUT2D eigenvalue weighted by Crippen LogP contribution is -2.46. The van der Waals surface area contributed by atoms with E-state index in [1.54, 1.807) is 0 Å². The molecule has 1 aromatic carbocycles. The molecular formula is C16H26N2O. The molecule has 0 saturated carbocycles. The second-order valence-corrected chi connectivity index (χ2v) is 5.08. The van der Waals surface area contributed by atoms with Crippen LogP contribution in [0, 0.1) is 0 Å². The van der Waals surface area contributed by atoms with E-state index >= 15 is 0 Å². The van der Waals surface area contributed by atoms with Crippen LogP contribution >= 0.6 is 0 Å². The molecule has 1 amide bonds. The van der Waals surface area contributed by atoms with Crippen molar-refractivity contribution in [3.63, 3.8) is 0 Å². The molecule has 106 valence electrons. The smallest absolute Gasteiger partial charge is 0.237 e. The summed E-state index contributed by atoms with van der Waals surface area (Å²) in [5.41, 5.74) is 7.11. The quantitative estimate of drug-likeness (QED) is 0.756. The van der Waals surface area contributed by atoms with E-state index < -0.39 is 0 Å². The molecule has 1 aromatic rings. The van der Waals surface area contributed by atoms with Crippen LogP contribution in [0.25, 0.3) is 0 Å². The van der Waals surface area contributed by atoms with Crippen molar-refractivity contribution in [2.24, 2.45) is 5.73 Å². The maximum absolute atomic E-state index is 12.0. The average molecular weight is 262 g/mol. The van der Waals surface area contributed by atoms with E-state index in [0.29, 0.717) is 0 Å². The summed E-state index contributed by atoms with van der Waals surface area (Å²) in [5.74, 6) is -0.0174. The minimum absolute atomic E-state index is 0.0174. The minimum atomic E-state index is -0.375. The van der Waals surface area contributed by atoms with Gasteiger partial charge in [-0.05, 0) is 24.8 Å². The van der Waals surface area contributed by atoms with Gasteiger partial charge in [-0.2, -0.15) is 0 Å². The molecular weight excluding hydrogens is 236 g/mol.